The van der Waals surface area contributed by atoms with Crippen LogP contribution in [-0.2, 0) is 4.74 Å². The van der Waals surface area contributed by atoms with Crippen LogP contribution in [0.1, 0.15) is 47.0 Å². The van der Waals surface area contributed by atoms with Gasteiger partial charge in [-0.2, -0.15) is 0 Å². The molecule has 1 aliphatic heterocycles. The van der Waals surface area contributed by atoms with Gasteiger partial charge in [0.15, 0.2) is 0 Å². The Balaban J connectivity index is 2.54. The smallest absolute Gasteiger partial charge is 0.410 e. The molecule has 1 amide bonds. The van der Waals surface area contributed by atoms with Gasteiger partial charge in [-0.25, -0.2) is 4.79 Å². The van der Waals surface area contributed by atoms with E-state index in [2.05, 4.69) is 0 Å². The predicted octanol–water partition coefficient (Wildman–Crippen LogP) is 2.16. The minimum absolute atomic E-state index is 0.134. The molecule has 1 rings (SSSR count). The predicted molar refractivity (Wildman–Crippen MR) is 62.3 cm³/mol. The van der Waals surface area contributed by atoms with Gasteiger partial charge in [-0.15, -0.1) is 0 Å². The highest BCUT2D eigenvalue weighted by Gasteiger charge is 2.32. The lowest BCUT2D eigenvalue weighted by Gasteiger charge is -2.29. The van der Waals surface area contributed by atoms with Crippen LogP contribution in [0.5, 0.6) is 0 Å². The number of carbonyl (C=O) groups excluding carboxylic acids is 1. The van der Waals surface area contributed by atoms with Crippen LogP contribution in [0.4, 0.5) is 4.79 Å². The number of carbonyl (C=O) groups is 1. The van der Waals surface area contributed by atoms with Crippen LogP contribution in [0.25, 0.3) is 0 Å². The molecule has 94 valence electrons. The Morgan fingerprint density at radius 3 is 2.69 bits per heavy atom. The van der Waals surface area contributed by atoms with Crippen molar-refractivity contribution in [3.05, 3.63) is 0 Å². The third kappa shape index (κ3) is 4.00. The van der Waals surface area contributed by atoms with Crippen molar-refractivity contribution in [3.8, 4) is 0 Å². The average Bonchev–Trinajstić information content (AvgIpc) is 2.47. The summed E-state index contributed by atoms with van der Waals surface area (Å²) in [5.41, 5.74) is -0.449. The van der Waals surface area contributed by atoms with Crippen molar-refractivity contribution in [2.24, 2.45) is 0 Å². The Morgan fingerprint density at radius 2 is 2.19 bits per heavy atom. The second-order valence-electron chi connectivity index (χ2n) is 5.55. The monoisotopic (exact) mass is 229 g/mol. The molecule has 0 radical (unpaired) electrons. The number of amides is 1. The fraction of sp³-hybridized carbons (Fsp3) is 0.917. The lowest BCUT2D eigenvalue weighted by molar-refractivity contribution is 0.0187. The quantitative estimate of drug-likeness (QED) is 0.789. The van der Waals surface area contributed by atoms with Gasteiger partial charge < -0.3 is 14.7 Å². The zero-order chi connectivity index (χ0) is 12.3. The summed E-state index contributed by atoms with van der Waals surface area (Å²) in [6.07, 6.45) is 1.98. The molecule has 0 saturated carbocycles. The molecule has 1 aliphatic rings. The van der Waals surface area contributed by atoms with E-state index in [1.807, 2.05) is 20.8 Å². The Bertz CT molecular complexity index is 245. The van der Waals surface area contributed by atoms with Crippen LogP contribution in [0.15, 0.2) is 0 Å². The van der Waals surface area contributed by atoms with Gasteiger partial charge in [0, 0.05) is 12.6 Å². The molecule has 0 spiro atoms. The first-order valence-corrected chi connectivity index (χ1v) is 5.97. The van der Waals surface area contributed by atoms with Crippen molar-refractivity contribution in [3.63, 3.8) is 0 Å². The number of rotatable bonds is 2. The Kier molecular flexibility index (Phi) is 4.19. The average molecular weight is 229 g/mol. The second-order valence-corrected chi connectivity index (χ2v) is 5.55. The highest BCUT2D eigenvalue weighted by atomic mass is 16.6. The van der Waals surface area contributed by atoms with Crippen LogP contribution >= 0.6 is 0 Å². The van der Waals surface area contributed by atoms with Crippen LogP contribution in [0.3, 0.4) is 0 Å². The molecule has 0 unspecified atom stereocenters. The fourth-order valence-electron chi connectivity index (χ4n) is 2.04. The lowest BCUT2D eigenvalue weighted by Crippen LogP contribution is -2.40. The van der Waals surface area contributed by atoms with Gasteiger partial charge >= 0.3 is 6.09 Å². The highest BCUT2D eigenvalue weighted by Crippen LogP contribution is 2.23. The summed E-state index contributed by atoms with van der Waals surface area (Å²) in [5, 5.41) is 9.37. The number of ether oxygens (including phenoxy) is 1. The summed E-state index contributed by atoms with van der Waals surface area (Å²) in [6, 6.07) is 0.134. The SMILES string of the molecule is C[C@H](O)C[C@H]1CCCN1C(=O)OC(C)(C)C. The van der Waals surface area contributed by atoms with E-state index in [0.29, 0.717) is 6.42 Å². The van der Waals surface area contributed by atoms with Gasteiger partial charge in [-0.05, 0) is 47.0 Å². The number of hydrogen-bond donors (Lipinski definition) is 1. The summed E-state index contributed by atoms with van der Waals surface area (Å²) in [7, 11) is 0. The van der Waals surface area contributed by atoms with Crippen LogP contribution in [0.2, 0.25) is 0 Å². The van der Waals surface area contributed by atoms with Gasteiger partial charge in [0.25, 0.3) is 0 Å². The van der Waals surface area contributed by atoms with Gasteiger partial charge in [0.2, 0.25) is 0 Å². The minimum atomic E-state index is -0.449. The lowest BCUT2D eigenvalue weighted by atomic mass is 10.1. The van der Waals surface area contributed by atoms with Gasteiger partial charge in [-0.1, -0.05) is 0 Å². The topological polar surface area (TPSA) is 49.8 Å². The third-order valence-corrected chi connectivity index (χ3v) is 2.62. The number of nitrogens with zero attached hydrogens (tertiary/aromatic N) is 1. The van der Waals surface area contributed by atoms with E-state index in [9.17, 15) is 9.90 Å². The molecule has 4 nitrogen and oxygen atoms in total. The number of aliphatic hydroxyl groups excluding tert-OH is 1. The largest absolute Gasteiger partial charge is 0.444 e. The number of aliphatic hydroxyl groups is 1. The molecule has 0 aromatic heterocycles. The maximum Gasteiger partial charge on any atom is 0.410 e. The molecular formula is C12H23NO3. The van der Waals surface area contributed by atoms with Gasteiger partial charge in [0.05, 0.1) is 6.10 Å². The molecule has 1 fully saturated rings. The summed E-state index contributed by atoms with van der Waals surface area (Å²) in [6.45, 7) is 8.10. The Hall–Kier alpha value is -0.770. The first-order valence-electron chi connectivity index (χ1n) is 5.97. The maximum absolute atomic E-state index is 11.9. The Morgan fingerprint density at radius 1 is 1.56 bits per heavy atom. The molecule has 1 N–H and O–H groups in total. The van der Waals surface area contributed by atoms with E-state index in [0.717, 1.165) is 19.4 Å². The minimum Gasteiger partial charge on any atom is -0.444 e. The summed E-state index contributed by atoms with van der Waals surface area (Å²) >= 11 is 0. The maximum atomic E-state index is 11.9. The van der Waals surface area contributed by atoms with E-state index in [-0.39, 0.29) is 18.2 Å². The first-order chi connectivity index (χ1) is 7.29. The normalized spacial score (nSPS) is 23.3. The molecule has 1 heterocycles. The zero-order valence-corrected chi connectivity index (χ0v) is 10.7. The summed E-state index contributed by atoms with van der Waals surface area (Å²) < 4.78 is 5.34. The molecule has 0 aromatic rings. The van der Waals surface area contributed by atoms with Crippen molar-refractivity contribution in [1.29, 1.82) is 0 Å². The Labute approximate surface area is 97.6 Å². The van der Waals surface area contributed by atoms with Gasteiger partial charge in [0.1, 0.15) is 5.60 Å². The fourth-order valence-corrected chi connectivity index (χ4v) is 2.04. The van der Waals surface area contributed by atoms with Crippen molar-refractivity contribution in [1.82, 2.24) is 4.90 Å². The van der Waals surface area contributed by atoms with Crippen LogP contribution in [-0.4, -0.2) is 40.4 Å². The molecule has 2 atom stereocenters. The molecule has 1 saturated heterocycles. The van der Waals surface area contributed by atoms with E-state index in [1.165, 1.54) is 0 Å². The highest BCUT2D eigenvalue weighted by molar-refractivity contribution is 5.68. The van der Waals surface area contributed by atoms with E-state index in [1.54, 1.807) is 11.8 Å². The standard InChI is InChI=1S/C12H23NO3/c1-9(14)8-10-6-5-7-13(10)11(15)16-12(2,3)4/h9-10,14H,5-8H2,1-4H3/t9-,10+/m0/s1. The summed E-state index contributed by atoms with van der Waals surface area (Å²) in [5.74, 6) is 0. The van der Waals surface area contributed by atoms with Crippen molar-refractivity contribution in [2.75, 3.05) is 6.54 Å². The van der Waals surface area contributed by atoms with Gasteiger partial charge in [-0.3, -0.25) is 0 Å². The number of likely N-dealkylation sites (tertiary alicyclic amines) is 1. The third-order valence-electron chi connectivity index (χ3n) is 2.62. The second kappa shape index (κ2) is 5.04. The molecule has 0 bridgehead atoms. The van der Waals surface area contributed by atoms with E-state index >= 15 is 0 Å². The first kappa shape index (κ1) is 13.3. The molecular weight excluding hydrogens is 206 g/mol. The van der Waals surface area contributed by atoms with Crippen LogP contribution < -0.4 is 0 Å². The van der Waals surface area contributed by atoms with Crippen molar-refractivity contribution >= 4 is 6.09 Å². The molecule has 4 heteroatoms. The van der Waals surface area contributed by atoms with E-state index in [4.69, 9.17) is 4.74 Å². The summed E-state index contributed by atoms with van der Waals surface area (Å²) in [4.78, 5) is 13.6. The van der Waals surface area contributed by atoms with E-state index < -0.39 is 5.60 Å². The molecule has 0 aliphatic carbocycles. The number of hydrogen-bond acceptors (Lipinski definition) is 3. The van der Waals surface area contributed by atoms with Crippen molar-refractivity contribution < 1.29 is 14.6 Å². The van der Waals surface area contributed by atoms with Crippen molar-refractivity contribution in [2.45, 2.75) is 64.7 Å². The molecule has 0 aromatic carbocycles. The van der Waals surface area contributed by atoms with Crippen LogP contribution in [0, 0.1) is 0 Å². The zero-order valence-electron chi connectivity index (χ0n) is 10.7. The molecule has 16 heavy (non-hydrogen) atoms.